The molecule has 1 aromatic heterocycles. The number of nitrogens with one attached hydrogen (secondary N) is 2. The van der Waals surface area contributed by atoms with E-state index in [1.54, 1.807) is 0 Å². The summed E-state index contributed by atoms with van der Waals surface area (Å²) in [7, 11) is 1.31. The molecule has 0 spiro atoms. The van der Waals surface area contributed by atoms with E-state index in [1.807, 2.05) is 6.92 Å². The third-order valence-corrected chi connectivity index (χ3v) is 7.11. The van der Waals surface area contributed by atoms with E-state index in [-0.39, 0.29) is 6.10 Å². The molecule has 1 aliphatic heterocycles. The molecule has 33 heavy (non-hydrogen) atoms. The second-order valence-corrected chi connectivity index (χ2v) is 9.94. The van der Waals surface area contributed by atoms with Gasteiger partial charge in [-0.2, -0.15) is 0 Å². The monoisotopic (exact) mass is 459 g/mol. The third kappa shape index (κ3) is 6.44. The van der Waals surface area contributed by atoms with Crippen LogP contribution in [0.4, 0.5) is 4.79 Å². The van der Waals surface area contributed by atoms with E-state index in [0.29, 0.717) is 32.0 Å². The molecule has 8 nitrogen and oxygen atoms in total. The Morgan fingerprint density at radius 2 is 2.03 bits per heavy atom. The van der Waals surface area contributed by atoms with Gasteiger partial charge in [-0.3, -0.25) is 4.98 Å². The highest BCUT2D eigenvalue weighted by atomic mass is 16.6. The van der Waals surface area contributed by atoms with Crippen LogP contribution in [0.15, 0.2) is 12.1 Å². The number of alkyl carbamates (subject to hydrolysis) is 1. The molecule has 1 amide bonds. The van der Waals surface area contributed by atoms with Gasteiger partial charge in [0.05, 0.1) is 13.2 Å². The molecule has 1 aromatic rings. The molecule has 0 radical (unpaired) electrons. The Kier molecular flexibility index (Phi) is 7.86. The standard InChI is InChI=1S/C25H37N3O5/c1-25(15-26-16-25)33-24(30)28-22(23(29)31-2)11-12-32-20-13-17(14-20)7-9-19-10-8-18-5-3-4-6-21(18)27-19/h8,10,17,20,22,26H,3-7,9,11-16H2,1-2H3,(H,28,30). The first-order chi connectivity index (χ1) is 15.9. The summed E-state index contributed by atoms with van der Waals surface area (Å²) < 4.78 is 16.2. The van der Waals surface area contributed by atoms with Crippen LogP contribution in [0, 0.1) is 5.92 Å². The minimum atomic E-state index is -0.773. The summed E-state index contributed by atoms with van der Waals surface area (Å²) in [4.78, 5) is 29.1. The van der Waals surface area contributed by atoms with Crippen LogP contribution in [0.2, 0.25) is 0 Å². The molecule has 1 atom stereocenters. The molecule has 2 N–H and O–H groups in total. The molecular weight excluding hydrogens is 422 g/mol. The van der Waals surface area contributed by atoms with Gasteiger partial charge in [0, 0.05) is 37.5 Å². The summed E-state index contributed by atoms with van der Waals surface area (Å²) in [5.41, 5.74) is 3.44. The van der Waals surface area contributed by atoms with E-state index >= 15 is 0 Å². The molecule has 4 rings (SSSR count). The van der Waals surface area contributed by atoms with Crippen LogP contribution in [-0.4, -0.2) is 61.6 Å². The summed E-state index contributed by atoms with van der Waals surface area (Å²) in [5.74, 6) is 0.172. The highest BCUT2D eigenvalue weighted by Crippen LogP contribution is 2.34. The number of hydrogen-bond acceptors (Lipinski definition) is 7. The van der Waals surface area contributed by atoms with Crippen molar-refractivity contribution in [2.24, 2.45) is 5.92 Å². The smallest absolute Gasteiger partial charge is 0.408 e. The van der Waals surface area contributed by atoms with Gasteiger partial charge in [-0.05, 0) is 75.8 Å². The lowest BCUT2D eigenvalue weighted by molar-refractivity contribution is -0.144. The quantitative estimate of drug-likeness (QED) is 0.519. The molecule has 0 aromatic carbocycles. The first-order valence-electron chi connectivity index (χ1n) is 12.3. The number of carbonyl (C=O) groups excluding carboxylic acids is 2. The van der Waals surface area contributed by atoms with Gasteiger partial charge in [-0.25, -0.2) is 9.59 Å². The van der Waals surface area contributed by atoms with Crippen LogP contribution < -0.4 is 10.6 Å². The Morgan fingerprint density at radius 3 is 2.76 bits per heavy atom. The van der Waals surface area contributed by atoms with Crippen molar-refractivity contribution in [1.82, 2.24) is 15.6 Å². The van der Waals surface area contributed by atoms with Gasteiger partial charge in [0.25, 0.3) is 0 Å². The van der Waals surface area contributed by atoms with Gasteiger partial charge in [0.2, 0.25) is 0 Å². The number of methoxy groups -OCH3 is 1. The first kappa shape index (κ1) is 24.0. The van der Waals surface area contributed by atoms with Gasteiger partial charge in [0.15, 0.2) is 0 Å². The maximum absolute atomic E-state index is 12.1. The van der Waals surface area contributed by atoms with Crippen molar-refractivity contribution in [2.45, 2.75) is 82.5 Å². The Hall–Kier alpha value is -2.19. The number of aryl methyl sites for hydroxylation is 3. The maximum atomic E-state index is 12.1. The van der Waals surface area contributed by atoms with Crippen LogP contribution >= 0.6 is 0 Å². The maximum Gasteiger partial charge on any atom is 0.408 e. The van der Waals surface area contributed by atoms with Gasteiger partial charge in [0.1, 0.15) is 11.6 Å². The number of nitrogens with zero attached hydrogens (tertiary/aromatic N) is 1. The minimum Gasteiger partial charge on any atom is -0.467 e. The van der Waals surface area contributed by atoms with E-state index in [2.05, 4.69) is 22.8 Å². The number of hydrogen-bond donors (Lipinski definition) is 2. The van der Waals surface area contributed by atoms with E-state index in [0.717, 1.165) is 32.1 Å². The fourth-order valence-electron chi connectivity index (χ4n) is 4.85. The number of fused-ring (bicyclic) bond motifs is 1. The van der Waals surface area contributed by atoms with Crippen molar-refractivity contribution in [1.29, 1.82) is 0 Å². The Balaban J connectivity index is 1.12. The number of amides is 1. The van der Waals surface area contributed by atoms with E-state index < -0.39 is 23.7 Å². The molecule has 8 heteroatoms. The van der Waals surface area contributed by atoms with E-state index in [4.69, 9.17) is 19.2 Å². The van der Waals surface area contributed by atoms with Crippen molar-refractivity contribution in [3.63, 3.8) is 0 Å². The lowest BCUT2D eigenvalue weighted by atomic mass is 9.79. The molecule has 2 heterocycles. The highest BCUT2D eigenvalue weighted by Gasteiger charge is 2.37. The molecule has 2 aliphatic carbocycles. The molecule has 1 saturated heterocycles. The number of rotatable bonds is 10. The minimum absolute atomic E-state index is 0.219. The fraction of sp³-hybridized carbons (Fsp3) is 0.720. The van der Waals surface area contributed by atoms with Crippen molar-refractivity contribution >= 4 is 12.1 Å². The SMILES string of the molecule is COC(=O)C(CCOC1CC(CCc2ccc3c(n2)CCCC3)C1)NC(=O)OC1(C)CNC1. The Labute approximate surface area is 196 Å². The zero-order chi connectivity index (χ0) is 23.3. The number of esters is 1. The first-order valence-corrected chi connectivity index (χ1v) is 12.3. The van der Waals surface area contributed by atoms with Crippen LogP contribution in [-0.2, 0) is 38.3 Å². The zero-order valence-electron chi connectivity index (χ0n) is 19.9. The summed E-state index contributed by atoms with van der Waals surface area (Å²) in [6, 6.07) is 3.70. The highest BCUT2D eigenvalue weighted by molar-refractivity contribution is 5.81. The van der Waals surface area contributed by atoms with Gasteiger partial charge < -0.3 is 24.8 Å². The molecule has 182 valence electrons. The summed E-state index contributed by atoms with van der Waals surface area (Å²) in [6.07, 6.45) is 9.05. The van der Waals surface area contributed by atoms with Crippen molar-refractivity contribution in [2.75, 3.05) is 26.8 Å². The van der Waals surface area contributed by atoms with Gasteiger partial charge in [-0.1, -0.05) is 6.07 Å². The molecule has 3 aliphatic rings. The number of pyridine rings is 1. The van der Waals surface area contributed by atoms with E-state index in [9.17, 15) is 9.59 Å². The Morgan fingerprint density at radius 1 is 1.24 bits per heavy atom. The molecule has 0 bridgehead atoms. The topological polar surface area (TPSA) is 98.8 Å². The third-order valence-electron chi connectivity index (χ3n) is 7.11. The van der Waals surface area contributed by atoms with Crippen molar-refractivity contribution in [3.8, 4) is 0 Å². The van der Waals surface area contributed by atoms with Gasteiger partial charge >= 0.3 is 12.1 Å². The van der Waals surface area contributed by atoms with Crippen molar-refractivity contribution in [3.05, 3.63) is 29.1 Å². The van der Waals surface area contributed by atoms with Crippen LogP contribution in [0.5, 0.6) is 0 Å². The van der Waals surface area contributed by atoms with E-state index in [1.165, 1.54) is 43.3 Å². The second-order valence-electron chi connectivity index (χ2n) is 9.94. The lowest BCUT2D eigenvalue weighted by Crippen LogP contribution is -2.61. The largest absolute Gasteiger partial charge is 0.467 e. The predicted octanol–water partition coefficient (Wildman–Crippen LogP) is 2.71. The molecule has 1 unspecified atom stereocenters. The van der Waals surface area contributed by atoms with Crippen LogP contribution in [0.1, 0.15) is 62.4 Å². The van der Waals surface area contributed by atoms with Crippen molar-refractivity contribution < 1.29 is 23.8 Å². The zero-order valence-corrected chi connectivity index (χ0v) is 19.9. The summed E-state index contributed by atoms with van der Waals surface area (Å²) >= 11 is 0. The second kappa shape index (κ2) is 10.8. The van der Waals surface area contributed by atoms with Crippen LogP contribution in [0.3, 0.4) is 0 Å². The Bertz CT molecular complexity index is 835. The normalized spacial score (nSPS) is 23.9. The summed E-state index contributed by atoms with van der Waals surface area (Å²) in [5, 5.41) is 5.69. The lowest BCUT2D eigenvalue weighted by Gasteiger charge is -2.38. The molecule has 2 fully saturated rings. The number of ether oxygens (including phenoxy) is 3. The molecular formula is C25H37N3O5. The molecule has 1 saturated carbocycles. The number of carbonyl (C=O) groups is 2. The van der Waals surface area contributed by atoms with Crippen LogP contribution in [0.25, 0.3) is 0 Å². The fourth-order valence-corrected chi connectivity index (χ4v) is 4.85. The summed E-state index contributed by atoms with van der Waals surface area (Å²) in [6.45, 7) is 3.46. The predicted molar refractivity (Wildman–Crippen MR) is 123 cm³/mol. The number of aromatic nitrogens is 1. The average Bonchev–Trinajstić information content (AvgIpc) is 2.77. The average molecular weight is 460 g/mol. The van der Waals surface area contributed by atoms with Gasteiger partial charge in [-0.15, -0.1) is 0 Å².